The van der Waals surface area contributed by atoms with E-state index in [1.54, 1.807) is 0 Å². The second kappa shape index (κ2) is 8.49. The van der Waals surface area contributed by atoms with Crippen molar-refractivity contribution in [3.8, 4) is 44.5 Å². The zero-order valence-electron chi connectivity index (χ0n) is 23.5. The molecule has 44 heavy (non-hydrogen) atoms. The molecule has 0 radical (unpaired) electrons. The fraction of sp³-hybridized carbons (Fsp3) is 0. The molecule has 0 amide bonds. The third-order valence-electron chi connectivity index (χ3n) is 9.66. The van der Waals surface area contributed by atoms with Crippen molar-refractivity contribution >= 4 is 53.9 Å². The molecule has 0 aromatic heterocycles. The monoisotopic (exact) mass is 564 g/mol. The molecular weight excluding hydrogens is 542 g/mol. The maximum Gasteiger partial charge on any atom is 0.159 e. The maximum atomic E-state index is 15.2. The minimum atomic E-state index is -0.842. The molecule has 0 nitrogen and oxygen atoms in total. The standard InChI is InChI=1S/C42H22F2/c43-34-21-32-33(22-35(34)44)38(25-11-5-2-6-12-25)42-31-20-18-29-27-16-8-14-23-13-7-15-26(36(23)27)28-17-19-30(40(31)39(28)29)41(42)37(32)24-9-3-1-4-10-24/h1-22H. The van der Waals surface area contributed by atoms with Crippen molar-refractivity contribution in [3.05, 3.63) is 145 Å². The van der Waals surface area contributed by atoms with E-state index in [1.165, 1.54) is 55.2 Å². The molecule has 0 heterocycles. The molecule has 0 aliphatic heterocycles. The summed E-state index contributed by atoms with van der Waals surface area (Å²) < 4.78 is 30.3. The van der Waals surface area contributed by atoms with E-state index in [0.717, 1.165) is 44.5 Å². The lowest BCUT2D eigenvalue weighted by molar-refractivity contribution is 0.511. The van der Waals surface area contributed by atoms with Gasteiger partial charge in [0.2, 0.25) is 0 Å². The van der Waals surface area contributed by atoms with Crippen molar-refractivity contribution in [1.82, 2.24) is 0 Å². The van der Waals surface area contributed by atoms with E-state index in [-0.39, 0.29) is 0 Å². The smallest absolute Gasteiger partial charge is 0.159 e. The molecule has 0 bridgehead atoms. The van der Waals surface area contributed by atoms with Crippen LogP contribution in [-0.2, 0) is 0 Å². The third-order valence-corrected chi connectivity index (χ3v) is 9.66. The van der Waals surface area contributed by atoms with E-state index in [2.05, 4.69) is 84.9 Å². The Hall–Kier alpha value is -5.60. The molecule has 0 spiro atoms. The van der Waals surface area contributed by atoms with Gasteiger partial charge >= 0.3 is 0 Å². The average molecular weight is 565 g/mol. The Morgan fingerprint density at radius 1 is 0.318 bits per heavy atom. The first-order valence-corrected chi connectivity index (χ1v) is 14.9. The fourth-order valence-corrected chi connectivity index (χ4v) is 7.98. The van der Waals surface area contributed by atoms with E-state index >= 15 is 8.78 Å². The van der Waals surface area contributed by atoms with Crippen LogP contribution in [0.4, 0.5) is 8.78 Å². The van der Waals surface area contributed by atoms with Crippen LogP contribution < -0.4 is 0 Å². The Morgan fingerprint density at radius 3 is 1.25 bits per heavy atom. The molecule has 0 unspecified atom stereocenters. The summed E-state index contributed by atoms with van der Waals surface area (Å²) in [7, 11) is 0. The van der Waals surface area contributed by atoms with Crippen LogP contribution in [-0.4, -0.2) is 0 Å². The first-order chi connectivity index (χ1) is 21.7. The van der Waals surface area contributed by atoms with Crippen LogP contribution in [0.25, 0.3) is 98.4 Å². The van der Waals surface area contributed by atoms with Gasteiger partial charge in [0.25, 0.3) is 0 Å². The van der Waals surface area contributed by atoms with Crippen LogP contribution in [0.5, 0.6) is 0 Å². The van der Waals surface area contributed by atoms with Crippen LogP contribution in [0, 0.1) is 11.6 Å². The van der Waals surface area contributed by atoms with Crippen molar-refractivity contribution < 1.29 is 8.78 Å². The van der Waals surface area contributed by atoms with Crippen LogP contribution in [0.2, 0.25) is 0 Å². The summed E-state index contributed by atoms with van der Waals surface area (Å²) in [6.45, 7) is 0. The van der Waals surface area contributed by atoms with E-state index in [9.17, 15) is 0 Å². The van der Waals surface area contributed by atoms with Gasteiger partial charge in [-0.15, -0.1) is 0 Å². The van der Waals surface area contributed by atoms with Crippen molar-refractivity contribution in [3.63, 3.8) is 0 Å². The van der Waals surface area contributed by atoms with E-state index < -0.39 is 11.6 Å². The van der Waals surface area contributed by atoms with Crippen molar-refractivity contribution in [2.24, 2.45) is 0 Å². The van der Waals surface area contributed by atoms with Gasteiger partial charge in [-0.25, -0.2) is 8.78 Å². The van der Waals surface area contributed by atoms with Crippen LogP contribution in [0.15, 0.2) is 133 Å². The molecule has 1 aliphatic rings. The lowest BCUT2D eigenvalue weighted by Crippen LogP contribution is -1.96. The number of hydrogen-bond donors (Lipinski definition) is 0. The highest BCUT2D eigenvalue weighted by Crippen LogP contribution is 2.59. The Labute approximate surface area is 251 Å². The molecule has 0 atom stereocenters. The van der Waals surface area contributed by atoms with Gasteiger partial charge in [0.1, 0.15) is 0 Å². The highest BCUT2D eigenvalue weighted by Gasteiger charge is 2.32. The normalized spacial score (nSPS) is 12.3. The number of halogens is 2. The SMILES string of the molecule is Fc1cc2c(-c3ccccc3)c3c(c(-c4ccccc4)c2cc1F)-c1ccc2c4cccc5cccc(c6ccc-3c1c62)c54. The molecule has 10 rings (SSSR count). The molecule has 2 heteroatoms. The Balaban J connectivity index is 1.48. The fourth-order valence-electron chi connectivity index (χ4n) is 7.98. The number of fused-ring (bicyclic) bond motifs is 6. The number of rotatable bonds is 2. The number of hydrogen-bond acceptors (Lipinski definition) is 0. The van der Waals surface area contributed by atoms with Gasteiger partial charge in [-0.1, -0.05) is 121 Å². The minimum Gasteiger partial charge on any atom is -0.204 e. The van der Waals surface area contributed by atoms with Crippen molar-refractivity contribution in [1.29, 1.82) is 0 Å². The molecule has 0 saturated heterocycles. The molecule has 204 valence electrons. The van der Waals surface area contributed by atoms with Gasteiger partial charge in [-0.2, -0.15) is 0 Å². The van der Waals surface area contributed by atoms with Gasteiger partial charge in [0.15, 0.2) is 11.6 Å². The lowest BCUT2D eigenvalue weighted by Gasteiger charge is -2.20. The summed E-state index contributed by atoms with van der Waals surface area (Å²) in [5.74, 6) is -1.68. The molecular formula is C42H22F2. The van der Waals surface area contributed by atoms with E-state index in [4.69, 9.17) is 0 Å². The van der Waals surface area contributed by atoms with Crippen LogP contribution in [0.3, 0.4) is 0 Å². The van der Waals surface area contributed by atoms with Crippen LogP contribution >= 0.6 is 0 Å². The molecule has 0 saturated carbocycles. The van der Waals surface area contributed by atoms with Crippen LogP contribution in [0.1, 0.15) is 0 Å². The number of benzene rings is 9. The summed E-state index contributed by atoms with van der Waals surface area (Å²) in [4.78, 5) is 0. The largest absolute Gasteiger partial charge is 0.204 e. The van der Waals surface area contributed by atoms with E-state index in [0.29, 0.717) is 10.8 Å². The summed E-state index contributed by atoms with van der Waals surface area (Å²) in [6, 6.07) is 45.2. The molecule has 9 aromatic carbocycles. The second-order valence-electron chi connectivity index (χ2n) is 11.8. The van der Waals surface area contributed by atoms with Gasteiger partial charge in [0.05, 0.1) is 0 Å². The van der Waals surface area contributed by atoms with Crippen molar-refractivity contribution in [2.45, 2.75) is 0 Å². The van der Waals surface area contributed by atoms with Crippen molar-refractivity contribution in [2.75, 3.05) is 0 Å². The average Bonchev–Trinajstić information content (AvgIpc) is 3.40. The maximum absolute atomic E-state index is 15.2. The van der Waals surface area contributed by atoms with Gasteiger partial charge in [-0.3, -0.25) is 0 Å². The van der Waals surface area contributed by atoms with Gasteiger partial charge in [0, 0.05) is 0 Å². The first-order valence-electron chi connectivity index (χ1n) is 14.9. The predicted molar refractivity (Wildman–Crippen MR) is 180 cm³/mol. The highest BCUT2D eigenvalue weighted by molar-refractivity contribution is 6.39. The molecule has 9 aromatic rings. The Bertz CT molecular complexity index is 2480. The molecule has 1 aliphatic carbocycles. The van der Waals surface area contributed by atoms with Gasteiger partial charge < -0.3 is 0 Å². The highest BCUT2D eigenvalue weighted by atomic mass is 19.2. The second-order valence-corrected chi connectivity index (χ2v) is 11.8. The summed E-state index contributed by atoms with van der Waals surface area (Å²) in [5.41, 5.74) is 8.23. The van der Waals surface area contributed by atoms with E-state index in [1.807, 2.05) is 36.4 Å². The predicted octanol–water partition coefficient (Wildman–Crippen LogP) is 12.1. The Kier molecular flexibility index (Phi) is 4.61. The minimum absolute atomic E-state index is 0.708. The molecule has 0 N–H and O–H groups in total. The topological polar surface area (TPSA) is 0 Å². The summed E-state index contributed by atoms with van der Waals surface area (Å²) in [6.07, 6.45) is 0. The quantitative estimate of drug-likeness (QED) is 0.145. The third kappa shape index (κ3) is 2.95. The molecule has 0 fully saturated rings. The first kappa shape index (κ1) is 23.9. The zero-order valence-corrected chi connectivity index (χ0v) is 23.5. The summed E-state index contributed by atoms with van der Waals surface area (Å²) in [5, 5.41) is 11.3. The van der Waals surface area contributed by atoms with Gasteiger partial charge in [-0.05, 0) is 111 Å². The Morgan fingerprint density at radius 2 is 0.773 bits per heavy atom. The summed E-state index contributed by atoms with van der Waals surface area (Å²) >= 11 is 0. The lowest BCUT2D eigenvalue weighted by atomic mass is 9.82. The zero-order chi connectivity index (χ0) is 29.1.